The predicted octanol–water partition coefficient (Wildman–Crippen LogP) is 5.22. The first-order valence-corrected chi connectivity index (χ1v) is 15.4. The fourth-order valence-electron chi connectivity index (χ4n) is 5.10. The number of ether oxygens (including phenoxy) is 1. The third-order valence-electron chi connectivity index (χ3n) is 7.21. The molecular formula is C30H27F6N5O4S. The molecule has 0 spiro atoms. The maximum absolute atomic E-state index is 14.1. The molecule has 3 heterocycles. The van der Waals surface area contributed by atoms with Gasteiger partial charge in [-0.3, -0.25) is 14.5 Å². The zero-order chi connectivity index (χ0) is 33.0. The molecule has 2 aromatic carbocycles. The van der Waals surface area contributed by atoms with E-state index in [0.29, 0.717) is 27.9 Å². The number of carbonyl (C=O) groups excluding carboxylic acids is 1. The second-order valence-electron chi connectivity index (χ2n) is 10.3. The van der Waals surface area contributed by atoms with Crippen LogP contribution in [-0.2, 0) is 32.5 Å². The number of hydrogen-bond donors (Lipinski definition) is 1. The lowest BCUT2D eigenvalue weighted by Crippen LogP contribution is -2.40. The van der Waals surface area contributed by atoms with E-state index in [1.807, 2.05) is 0 Å². The van der Waals surface area contributed by atoms with Crippen molar-refractivity contribution >= 4 is 15.9 Å². The zero-order valence-electron chi connectivity index (χ0n) is 23.9. The molecule has 1 N–H and O–H groups in total. The molecule has 16 heteroatoms. The maximum Gasteiger partial charge on any atom is 0.282 e. The Morgan fingerprint density at radius 1 is 0.935 bits per heavy atom. The SMILES string of the molecule is O=C(Cn1nc(C(F)F)cc1C(F)F)N[C@@H](Cc1cc(F)cc(F)c1)c1ncccc1-c1ccc(S(=O)(=O)N2CCOCC2)cc1. The van der Waals surface area contributed by atoms with Crippen LogP contribution in [0.1, 0.15) is 41.5 Å². The number of alkyl halides is 4. The molecule has 244 valence electrons. The molecule has 9 nitrogen and oxygen atoms in total. The summed E-state index contributed by atoms with van der Waals surface area (Å²) in [5.41, 5.74) is -0.582. The Bertz CT molecular complexity index is 1780. The van der Waals surface area contributed by atoms with Gasteiger partial charge >= 0.3 is 0 Å². The van der Waals surface area contributed by atoms with Crippen molar-refractivity contribution < 1.29 is 44.3 Å². The number of sulfonamides is 1. The van der Waals surface area contributed by atoms with Crippen LogP contribution in [0.2, 0.25) is 0 Å². The third-order valence-corrected chi connectivity index (χ3v) is 9.12. The smallest absolute Gasteiger partial charge is 0.282 e. The van der Waals surface area contributed by atoms with Crippen LogP contribution in [0.3, 0.4) is 0 Å². The average Bonchev–Trinajstić information content (AvgIpc) is 3.45. The van der Waals surface area contributed by atoms with E-state index in [2.05, 4.69) is 15.4 Å². The molecular weight excluding hydrogens is 640 g/mol. The minimum absolute atomic E-state index is 0.0425. The summed E-state index contributed by atoms with van der Waals surface area (Å²) in [6.45, 7) is 0.0991. The number of hydrogen-bond acceptors (Lipinski definition) is 6. The third kappa shape index (κ3) is 7.57. The van der Waals surface area contributed by atoms with Crippen LogP contribution in [0.4, 0.5) is 26.3 Å². The van der Waals surface area contributed by atoms with Gasteiger partial charge in [0.25, 0.3) is 12.9 Å². The predicted molar refractivity (Wildman–Crippen MR) is 152 cm³/mol. The van der Waals surface area contributed by atoms with Crippen molar-refractivity contribution in [2.24, 2.45) is 0 Å². The number of nitrogens with one attached hydrogen (secondary N) is 1. The van der Waals surface area contributed by atoms with Crippen molar-refractivity contribution in [1.82, 2.24) is 24.4 Å². The van der Waals surface area contributed by atoms with E-state index >= 15 is 0 Å². The molecule has 1 fully saturated rings. The van der Waals surface area contributed by atoms with E-state index in [-0.39, 0.29) is 48.9 Å². The van der Waals surface area contributed by atoms with Crippen molar-refractivity contribution in [2.75, 3.05) is 26.3 Å². The van der Waals surface area contributed by atoms with Crippen LogP contribution in [0, 0.1) is 11.6 Å². The van der Waals surface area contributed by atoms with Crippen molar-refractivity contribution in [2.45, 2.75) is 36.8 Å². The Hall–Kier alpha value is -4.28. The zero-order valence-corrected chi connectivity index (χ0v) is 24.7. The number of pyridine rings is 1. The summed E-state index contributed by atoms with van der Waals surface area (Å²) in [5.74, 6) is -2.68. The van der Waals surface area contributed by atoms with E-state index in [1.54, 1.807) is 24.3 Å². The quantitative estimate of drug-likeness (QED) is 0.220. The number of benzene rings is 2. The van der Waals surface area contributed by atoms with Gasteiger partial charge in [-0.15, -0.1) is 0 Å². The van der Waals surface area contributed by atoms with Gasteiger partial charge in [0.2, 0.25) is 15.9 Å². The number of carbonyl (C=O) groups is 1. The van der Waals surface area contributed by atoms with Gasteiger partial charge in [-0.25, -0.2) is 34.8 Å². The van der Waals surface area contributed by atoms with E-state index in [0.717, 1.165) is 12.1 Å². The van der Waals surface area contributed by atoms with E-state index in [9.17, 15) is 39.6 Å². The van der Waals surface area contributed by atoms with E-state index < -0.39 is 64.4 Å². The van der Waals surface area contributed by atoms with Crippen LogP contribution in [-0.4, -0.2) is 59.7 Å². The number of nitrogens with zero attached hydrogens (tertiary/aromatic N) is 4. The first-order valence-electron chi connectivity index (χ1n) is 13.9. The van der Waals surface area contributed by atoms with Gasteiger partial charge in [-0.1, -0.05) is 18.2 Å². The Labute approximate surface area is 259 Å². The molecule has 1 saturated heterocycles. The lowest BCUT2D eigenvalue weighted by atomic mass is 9.95. The highest BCUT2D eigenvalue weighted by molar-refractivity contribution is 7.89. The van der Waals surface area contributed by atoms with Gasteiger partial charge in [-0.2, -0.15) is 9.40 Å². The summed E-state index contributed by atoms with van der Waals surface area (Å²) in [6, 6.07) is 11.3. The second-order valence-corrected chi connectivity index (χ2v) is 12.3. The summed E-state index contributed by atoms with van der Waals surface area (Å²) in [4.78, 5) is 17.6. The Morgan fingerprint density at radius 3 is 2.24 bits per heavy atom. The highest BCUT2D eigenvalue weighted by Crippen LogP contribution is 2.31. The lowest BCUT2D eigenvalue weighted by Gasteiger charge is -2.26. The second kappa shape index (κ2) is 14.0. The van der Waals surface area contributed by atoms with E-state index in [1.165, 1.54) is 22.6 Å². The van der Waals surface area contributed by atoms with Crippen molar-refractivity contribution in [3.63, 3.8) is 0 Å². The molecule has 0 bridgehead atoms. The summed E-state index contributed by atoms with van der Waals surface area (Å²) in [5, 5.41) is 6.05. The highest BCUT2D eigenvalue weighted by atomic mass is 32.2. The van der Waals surface area contributed by atoms with Crippen LogP contribution >= 0.6 is 0 Å². The van der Waals surface area contributed by atoms with Crippen LogP contribution < -0.4 is 5.32 Å². The number of amides is 1. The monoisotopic (exact) mass is 667 g/mol. The molecule has 1 aliphatic heterocycles. The molecule has 0 unspecified atom stereocenters. The molecule has 0 radical (unpaired) electrons. The molecule has 1 amide bonds. The number of aromatic nitrogens is 3. The summed E-state index contributed by atoms with van der Waals surface area (Å²) in [6.07, 6.45) is -5.16. The Kier molecular flexibility index (Phi) is 10.1. The average molecular weight is 668 g/mol. The van der Waals surface area contributed by atoms with Gasteiger partial charge in [0, 0.05) is 30.9 Å². The number of morpholine rings is 1. The highest BCUT2D eigenvalue weighted by Gasteiger charge is 2.28. The van der Waals surface area contributed by atoms with Gasteiger partial charge in [-0.05, 0) is 53.9 Å². The summed E-state index contributed by atoms with van der Waals surface area (Å²) in [7, 11) is -3.79. The number of rotatable bonds is 11. The van der Waals surface area contributed by atoms with Crippen LogP contribution in [0.15, 0.2) is 71.8 Å². The van der Waals surface area contributed by atoms with Crippen LogP contribution in [0.25, 0.3) is 11.1 Å². The molecule has 4 aromatic rings. The van der Waals surface area contributed by atoms with Crippen molar-refractivity contribution in [1.29, 1.82) is 0 Å². The molecule has 1 aliphatic rings. The standard InChI is InChI=1S/C30H27F6N5O4S/c31-20-12-18(13-21(32)15-20)14-24(38-27(42)17-41-26(30(35)36)16-25(39-41)29(33)34)28-23(2-1-7-37-28)19-3-5-22(6-4-19)46(43,44)40-8-10-45-11-9-40/h1-7,12-13,15-16,24,29-30H,8-11,14,17H2,(H,38,42)/t24-/m0/s1. The fourth-order valence-corrected chi connectivity index (χ4v) is 6.51. The fraction of sp³-hybridized carbons (Fsp3) is 0.300. The minimum Gasteiger partial charge on any atom is -0.379 e. The molecule has 0 saturated carbocycles. The molecule has 2 aromatic heterocycles. The van der Waals surface area contributed by atoms with Gasteiger partial charge < -0.3 is 10.1 Å². The molecule has 46 heavy (non-hydrogen) atoms. The summed E-state index contributed by atoms with van der Waals surface area (Å²) < 4.78 is 115. The first-order chi connectivity index (χ1) is 21.9. The Balaban J connectivity index is 1.47. The topological polar surface area (TPSA) is 106 Å². The van der Waals surface area contributed by atoms with Gasteiger partial charge in [0.1, 0.15) is 29.6 Å². The molecule has 0 aliphatic carbocycles. The van der Waals surface area contributed by atoms with Crippen molar-refractivity contribution in [3.8, 4) is 11.1 Å². The molecule has 5 rings (SSSR count). The van der Waals surface area contributed by atoms with Gasteiger partial charge in [0.15, 0.2) is 0 Å². The summed E-state index contributed by atoms with van der Waals surface area (Å²) >= 11 is 0. The maximum atomic E-state index is 14.1. The van der Waals surface area contributed by atoms with Gasteiger partial charge in [0.05, 0.1) is 29.8 Å². The largest absolute Gasteiger partial charge is 0.379 e. The normalized spacial score (nSPS) is 15.0. The lowest BCUT2D eigenvalue weighted by molar-refractivity contribution is -0.122. The molecule has 1 atom stereocenters. The van der Waals surface area contributed by atoms with E-state index in [4.69, 9.17) is 4.74 Å². The first kappa shape index (κ1) is 33.1. The van der Waals surface area contributed by atoms with Crippen molar-refractivity contribution in [3.05, 3.63) is 101 Å². The van der Waals surface area contributed by atoms with Crippen LogP contribution in [0.5, 0.6) is 0 Å². The number of halogens is 6. The minimum atomic E-state index is -3.79. The Morgan fingerprint density at radius 2 is 1.61 bits per heavy atom.